The van der Waals surface area contributed by atoms with Crippen LogP contribution in [0.4, 0.5) is 5.69 Å². The highest BCUT2D eigenvalue weighted by Crippen LogP contribution is 2.47. The molecule has 0 radical (unpaired) electrons. The minimum Gasteiger partial charge on any atom is -0.366 e. The molecule has 0 aliphatic carbocycles. The van der Waals surface area contributed by atoms with Gasteiger partial charge in [-0.05, 0) is 55.8 Å². The number of fused-ring (bicyclic) bond motifs is 3. The third kappa shape index (κ3) is 2.96. The number of para-hydroxylation sites is 1. The van der Waals surface area contributed by atoms with Crippen molar-refractivity contribution in [3.63, 3.8) is 0 Å². The summed E-state index contributed by atoms with van der Waals surface area (Å²) in [5.41, 5.74) is 9.40. The zero-order chi connectivity index (χ0) is 21.9. The van der Waals surface area contributed by atoms with Gasteiger partial charge in [-0.3, -0.25) is 14.5 Å². The smallest absolute Gasteiger partial charge is 0.274 e. The lowest BCUT2D eigenvalue weighted by atomic mass is 9.81. The molecule has 7 heteroatoms. The van der Waals surface area contributed by atoms with Crippen molar-refractivity contribution in [1.29, 1.82) is 0 Å². The van der Waals surface area contributed by atoms with Crippen LogP contribution in [0.2, 0.25) is 0 Å². The average Bonchev–Trinajstić information content (AvgIpc) is 3.59. The molecule has 1 spiro atoms. The highest BCUT2D eigenvalue weighted by atomic mass is 16.2. The van der Waals surface area contributed by atoms with Crippen molar-refractivity contribution in [2.75, 3.05) is 37.6 Å². The molecule has 6 rings (SSSR count). The van der Waals surface area contributed by atoms with Crippen LogP contribution < -0.4 is 16.0 Å². The Bertz CT molecular complexity index is 1230. The zero-order valence-electron chi connectivity index (χ0n) is 17.9. The summed E-state index contributed by atoms with van der Waals surface area (Å²) < 4.78 is 0. The summed E-state index contributed by atoms with van der Waals surface area (Å²) in [6.07, 6.45) is 2.27. The molecule has 164 valence electrons. The number of aromatic amines is 1. The number of nitrogens with zero attached hydrogens (tertiary/aromatic N) is 2. The molecule has 1 aromatic heterocycles. The van der Waals surface area contributed by atoms with Gasteiger partial charge in [0.05, 0.1) is 0 Å². The van der Waals surface area contributed by atoms with Gasteiger partial charge >= 0.3 is 0 Å². The molecular weight excluding hydrogens is 402 g/mol. The number of anilines is 1. The largest absolute Gasteiger partial charge is 0.366 e. The van der Waals surface area contributed by atoms with E-state index in [1.54, 1.807) is 12.1 Å². The van der Waals surface area contributed by atoms with E-state index in [2.05, 4.69) is 33.4 Å². The molecule has 0 saturated carbocycles. The first-order chi connectivity index (χ1) is 15.5. The van der Waals surface area contributed by atoms with Crippen LogP contribution in [0.25, 0.3) is 10.9 Å². The van der Waals surface area contributed by atoms with Crippen molar-refractivity contribution < 1.29 is 9.59 Å². The molecule has 1 unspecified atom stereocenters. The molecule has 4 heterocycles. The fraction of sp³-hybridized carbons (Fsp3) is 0.360. The van der Waals surface area contributed by atoms with E-state index in [4.69, 9.17) is 5.73 Å². The van der Waals surface area contributed by atoms with Gasteiger partial charge in [0, 0.05) is 53.2 Å². The van der Waals surface area contributed by atoms with E-state index < -0.39 is 5.91 Å². The molecule has 2 fully saturated rings. The first-order valence-electron chi connectivity index (χ1n) is 11.3. The summed E-state index contributed by atoms with van der Waals surface area (Å²) in [5, 5.41) is 4.37. The summed E-state index contributed by atoms with van der Waals surface area (Å²) in [7, 11) is 0. The number of likely N-dealkylation sites (tertiary alicyclic amines) is 1. The quantitative estimate of drug-likeness (QED) is 0.595. The standard InChI is InChI=1S/C25H27N5O2/c26-23(31)17-6-5-16-11-21(28-20(16)12-17)24(32)30-15-25(19-3-1-2-4-22(19)30)8-10-29(14-25)18-7-9-27-13-18/h1-6,11-12,18,27-28H,7-10,13-15H2,(H2,26,31)/t18?,25-/m0/s1. The molecule has 3 aliphatic rings. The number of nitrogens with two attached hydrogens (primary N) is 1. The Hall–Kier alpha value is -3.16. The first kappa shape index (κ1) is 19.5. The van der Waals surface area contributed by atoms with Crippen LogP contribution in [0.3, 0.4) is 0 Å². The lowest BCUT2D eigenvalue weighted by molar-refractivity contribution is 0.0978. The van der Waals surface area contributed by atoms with Crippen molar-refractivity contribution in [3.8, 4) is 0 Å². The average molecular weight is 430 g/mol. The number of nitrogens with one attached hydrogen (secondary N) is 2. The van der Waals surface area contributed by atoms with Crippen LogP contribution in [0.1, 0.15) is 39.3 Å². The summed E-state index contributed by atoms with van der Waals surface area (Å²) in [6.45, 7) is 4.92. The van der Waals surface area contributed by atoms with Gasteiger partial charge in [-0.15, -0.1) is 0 Å². The summed E-state index contributed by atoms with van der Waals surface area (Å²) in [5.74, 6) is -0.514. The zero-order valence-corrected chi connectivity index (χ0v) is 17.9. The highest BCUT2D eigenvalue weighted by Gasteiger charge is 2.50. The Morgan fingerprint density at radius 1 is 1.09 bits per heavy atom. The van der Waals surface area contributed by atoms with E-state index in [-0.39, 0.29) is 11.3 Å². The fourth-order valence-corrected chi connectivity index (χ4v) is 5.87. The van der Waals surface area contributed by atoms with E-state index in [0.29, 0.717) is 23.8 Å². The van der Waals surface area contributed by atoms with Crippen molar-refractivity contribution in [1.82, 2.24) is 15.2 Å². The maximum absolute atomic E-state index is 13.7. The maximum Gasteiger partial charge on any atom is 0.274 e. The molecule has 2 atom stereocenters. The Morgan fingerprint density at radius 2 is 1.97 bits per heavy atom. The Labute approximate surface area is 186 Å². The predicted molar refractivity (Wildman–Crippen MR) is 124 cm³/mol. The Morgan fingerprint density at radius 3 is 2.78 bits per heavy atom. The second kappa shape index (κ2) is 7.18. The fourth-order valence-electron chi connectivity index (χ4n) is 5.87. The molecule has 2 amide bonds. The van der Waals surface area contributed by atoms with Crippen molar-refractivity contribution in [2.24, 2.45) is 5.73 Å². The molecular formula is C25H27N5O2. The number of carbonyl (C=O) groups excluding carboxylic acids is 2. The molecule has 3 aliphatic heterocycles. The van der Waals surface area contributed by atoms with Crippen LogP contribution in [-0.2, 0) is 5.41 Å². The molecule has 4 N–H and O–H groups in total. The van der Waals surface area contributed by atoms with E-state index in [0.717, 1.165) is 49.2 Å². The number of primary amides is 1. The monoisotopic (exact) mass is 429 g/mol. The van der Waals surface area contributed by atoms with Crippen molar-refractivity contribution in [2.45, 2.75) is 24.3 Å². The van der Waals surface area contributed by atoms with Gasteiger partial charge < -0.3 is 20.9 Å². The van der Waals surface area contributed by atoms with Crippen molar-refractivity contribution in [3.05, 3.63) is 65.4 Å². The summed E-state index contributed by atoms with van der Waals surface area (Å²) in [6, 6.07) is 16.0. The minimum absolute atomic E-state index is 0.0139. The van der Waals surface area contributed by atoms with Gasteiger partial charge in [-0.2, -0.15) is 0 Å². The minimum atomic E-state index is -0.479. The number of H-pyrrole nitrogens is 1. The molecule has 2 aromatic carbocycles. The number of hydrogen-bond acceptors (Lipinski definition) is 4. The third-order valence-electron chi connectivity index (χ3n) is 7.54. The number of amides is 2. The molecule has 2 saturated heterocycles. The number of carbonyl (C=O) groups is 2. The Kier molecular flexibility index (Phi) is 4.38. The van der Waals surface area contributed by atoms with Crippen LogP contribution in [0, 0.1) is 0 Å². The van der Waals surface area contributed by atoms with E-state index in [1.807, 2.05) is 23.1 Å². The summed E-state index contributed by atoms with van der Waals surface area (Å²) >= 11 is 0. The second-order valence-corrected chi connectivity index (χ2v) is 9.41. The lowest BCUT2D eigenvalue weighted by Crippen LogP contribution is -2.41. The molecule has 3 aromatic rings. The maximum atomic E-state index is 13.7. The predicted octanol–water partition coefficient (Wildman–Crippen LogP) is 2.23. The van der Waals surface area contributed by atoms with Gasteiger partial charge in [-0.1, -0.05) is 24.3 Å². The normalized spacial score (nSPS) is 25.1. The molecule has 32 heavy (non-hydrogen) atoms. The highest BCUT2D eigenvalue weighted by molar-refractivity contribution is 6.09. The SMILES string of the molecule is NC(=O)c1ccc2cc(C(=O)N3C[C@@]4(CCN(C5CCNC5)C4)c4ccccc43)[nH]c2c1. The van der Waals surface area contributed by atoms with Crippen LogP contribution in [0.15, 0.2) is 48.5 Å². The van der Waals surface area contributed by atoms with E-state index >= 15 is 0 Å². The van der Waals surface area contributed by atoms with E-state index in [1.165, 1.54) is 12.0 Å². The lowest BCUT2D eigenvalue weighted by Gasteiger charge is -2.28. The number of benzene rings is 2. The van der Waals surface area contributed by atoms with Crippen LogP contribution in [0.5, 0.6) is 0 Å². The van der Waals surface area contributed by atoms with Gasteiger partial charge in [-0.25, -0.2) is 0 Å². The molecule has 7 nitrogen and oxygen atoms in total. The summed E-state index contributed by atoms with van der Waals surface area (Å²) in [4.78, 5) is 32.9. The number of aromatic nitrogens is 1. The number of hydrogen-bond donors (Lipinski definition) is 3. The first-order valence-corrected chi connectivity index (χ1v) is 11.3. The third-order valence-corrected chi connectivity index (χ3v) is 7.54. The van der Waals surface area contributed by atoms with Crippen molar-refractivity contribution >= 4 is 28.4 Å². The van der Waals surface area contributed by atoms with Gasteiger partial charge in [0.25, 0.3) is 5.91 Å². The second-order valence-electron chi connectivity index (χ2n) is 9.41. The van der Waals surface area contributed by atoms with Crippen LogP contribution >= 0.6 is 0 Å². The molecule has 0 bridgehead atoms. The topological polar surface area (TPSA) is 94.5 Å². The van der Waals surface area contributed by atoms with Gasteiger partial charge in [0.1, 0.15) is 5.69 Å². The van der Waals surface area contributed by atoms with Crippen LogP contribution in [-0.4, -0.2) is 60.5 Å². The van der Waals surface area contributed by atoms with E-state index in [9.17, 15) is 9.59 Å². The van der Waals surface area contributed by atoms with Gasteiger partial charge in [0.2, 0.25) is 5.91 Å². The number of rotatable bonds is 3. The van der Waals surface area contributed by atoms with Gasteiger partial charge in [0.15, 0.2) is 0 Å². The Balaban J connectivity index is 1.32.